The monoisotopic (exact) mass is 543 g/mol. The van der Waals surface area contributed by atoms with Crippen LogP contribution in [-0.2, 0) is 39.9 Å². The normalized spacial score (nSPS) is 23.9. The number of ether oxygens (including phenoxy) is 2. The number of aliphatic carboxylic acids is 1. The Labute approximate surface area is 228 Å². The van der Waals surface area contributed by atoms with Gasteiger partial charge in [-0.1, -0.05) is 73.3 Å². The van der Waals surface area contributed by atoms with Gasteiger partial charge in [-0.15, -0.1) is 0 Å². The van der Waals surface area contributed by atoms with Gasteiger partial charge in [0.15, 0.2) is 11.2 Å². The molecule has 9 heteroatoms. The molecule has 196 valence electrons. The van der Waals surface area contributed by atoms with Crippen LogP contribution in [0, 0.1) is 11.8 Å². The first kappa shape index (κ1) is 25.9. The largest absolute Gasteiger partial charge is 0.481 e. The molecule has 2 bridgehead atoms. The number of amides is 1. The van der Waals surface area contributed by atoms with Gasteiger partial charge in [0, 0.05) is 45.1 Å². The molecule has 0 radical (unpaired) electrons. The molecule has 39 heavy (non-hydrogen) atoms. The SMILES string of the molecule is C=CC(=O)OC12c3ccccc3C(OC(=O)C=C)(c3ccccc31)C(C(=O)Nc1ccc(Cl)cc1)C2C(=O)O. The fraction of sp³-hybridized carbons (Fsp3) is 0.133. The number of hydrogen-bond acceptors (Lipinski definition) is 6. The molecule has 2 N–H and O–H groups in total. The number of carbonyl (C=O) groups excluding carboxylic acids is 3. The minimum atomic E-state index is -1.95. The Kier molecular flexibility index (Phi) is 6.36. The summed E-state index contributed by atoms with van der Waals surface area (Å²) in [4.78, 5) is 53.0. The molecule has 0 spiro atoms. The summed E-state index contributed by atoms with van der Waals surface area (Å²) in [6.45, 7) is 6.97. The second kappa shape index (κ2) is 9.56. The van der Waals surface area contributed by atoms with E-state index in [1.54, 1.807) is 72.8 Å². The van der Waals surface area contributed by atoms with Gasteiger partial charge in [0.2, 0.25) is 5.91 Å². The highest BCUT2D eigenvalue weighted by molar-refractivity contribution is 6.30. The maximum atomic E-state index is 14.2. The Morgan fingerprint density at radius 3 is 1.54 bits per heavy atom. The Bertz CT molecular complexity index is 1500. The van der Waals surface area contributed by atoms with E-state index in [1.165, 1.54) is 0 Å². The molecular weight excluding hydrogens is 522 g/mol. The van der Waals surface area contributed by atoms with E-state index >= 15 is 0 Å². The van der Waals surface area contributed by atoms with E-state index < -0.39 is 46.9 Å². The van der Waals surface area contributed by atoms with Gasteiger partial charge in [0.05, 0.1) is 0 Å². The molecule has 3 aliphatic carbocycles. The minimum absolute atomic E-state index is 0.277. The van der Waals surface area contributed by atoms with Crippen LogP contribution in [0.4, 0.5) is 5.69 Å². The van der Waals surface area contributed by atoms with Gasteiger partial charge < -0.3 is 19.9 Å². The lowest BCUT2D eigenvalue weighted by Gasteiger charge is -2.59. The van der Waals surface area contributed by atoms with Crippen molar-refractivity contribution in [3.63, 3.8) is 0 Å². The summed E-state index contributed by atoms with van der Waals surface area (Å²) in [5.74, 6) is -7.27. The number of halogens is 1. The number of rotatable bonds is 7. The molecule has 0 saturated carbocycles. The number of benzene rings is 3. The maximum absolute atomic E-state index is 14.2. The van der Waals surface area contributed by atoms with Crippen molar-refractivity contribution in [2.45, 2.75) is 11.2 Å². The van der Waals surface area contributed by atoms with Gasteiger partial charge >= 0.3 is 17.9 Å². The van der Waals surface area contributed by atoms with Gasteiger partial charge in [-0.25, -0.2) is 9.59 Å². The predicted molar refractivity (Wildman–Crippen MR) is 142 cm³/mol. The van der Waals surface area contributed by atoms with Crippen LogP contribution < -0.4 is 5.32 Å². The summed E-state index contributed by atoms with van der Waals surface area (Å²) in [6, 6.07) is 19.3. The van der Waals surface area contributed by atoms with Gasteiger partial charge in [-0.05, 0) is 24.3 Å². The van der Waals surface area contributed by atoms with Crippen LogP contribution in [0.3, 0.4) is 0 Å². The van der Waals surface area contributed by atoms with Crippen LogP contribution in [0.2, 0.25) is 5.02 Å². The lowest BCUT2D eigenvalue weighted by molar-refractivity contribution is -0.199. The van der Waals surface area contributed by atoms with E-state index in [2.05, 4.69) is 18.5 Å². The van der Waals surface area contributed by atoms with Crippen LogP contribution in [0.5, 0.6) is 0 Å². The fourth-order valence-corrected chi connectivity index (χ4v) is 5.97. The number of anilines is 1. The fourth-order valence-electron chi connectivity index (χ4n) is 5.84. The second-order valence-electron chi connectivity index (χ2n) is 9.10. The molecule has 2 unspecified atom stereocenters. The molecule has 0 aromatic heterocycles. The minimum Gasteiger partial charge on any atom is -0.481 e. The van der Waals surface area contributed by atoms with Crippen molar-refractivity contribution < 1.29 is 33.8 Å². The Hall–Kier alpha value is -4.69. The molecule has 2 atom stereocenters. The topological polar surface area (TPSA) is 119 Å². The number of nitrogens with one attached hydrogen (secondary N) is 1. The third-order valence-corrected chi connectivity index (χ3v) is 7.43. The van der Waals surface area contributed by atoms with Crippen molar-refractivity contribution in [1.82, 2.24) is 0 Å². The van der Waals surface area contributed by atoms with Gasteiger partial charge in [-0.3, -0.25) is 9.59 Å². The van der Waals surface area contributed by atoms with Crippen LogP contribution in [0.1, 0.15) is 22.3 Å². The number of esters is 2. The highest BCUT2D eigenvalue weighted by atomic mass is 35.5. The van der Waals surface area contributed by atoms with Crippen LogP contribution in [0.15, 0.2) is 98.1 Å². The first-order valence-electron chi connectivity index (χ1n) is 11.9. The lowest BCUT2D eigenvalue weighted by atomic mass is 9.49. The molecule has 0 fully saturated rings. The zero-order valence-electron chi connectivity index (χ0n) is 20.4. The standard InChI is InChI=1S/C30H22ClNO7/c1-3-23(33)38-29-19-9-5-7-11-21(19)30(39-24(34)4-2,22-12-8-6-10-20(22)29)26(28(36)37)25(29)27(35)32-18-15-13-17(31)14-16-18/h3-16,25-26H,1-2H2,(H,32,35)(H,36,37). The maximum Gasteiger partial charge on any atom is 0.331 e. The van der Waals surface area contributed by atoms with Crippen LogP contribution in [0.25, 0.3) is 0 Å². The van der Waals surface area contributed by atoms with E-state index in [4.69, 9.17) is 21.1 Å². The van der Waals surface area contributed by atoms with Gasteiger partial charge in [0.25, 0.3) is 0 Å². The Morgan fingerprint density at radius 2 is 1.15 bits per heavy atom. The molecule has 3 aromatic carbocycles. The summed E-state index contributed by atoms with van der Waals surface area (Å²) in [7, 11) is 0. The van der Waals surface area contributed by atoms with Crippen LogP contribution >= 0.6 is 11.6 Å². The first-order chi connectivity index (χ1) is 18.7. The number of fused-ring (bicyclic) bond motifs is 1. The number of hydrogen-bond donors (Lipinski definition) is 2. The van der Waals surface area contributed by atoms with Crippen molar-refractivity contribution in [1.29, 1.82) is 0 Å². The molecule has 1 amide bonds. The number of carbonyl (C=O) groups is 4. The molecule has 0 heterocycles. The summed E-state index contributed by atoms with van der Waals surface area (Å²) >= 11 is 5.99. The zero-order chi connectivity index (χ0) is 27.9. The summed E-state index contributed by atoms with van der Waals surface area (Å²) in [5.41, 5.74) is -2.35. The third kappa shape index (κ3) is 3.75. The van der Waals surface area contributed by atoms with Crippen molar-refractivity contribution in [3.8, 4) is 0 Å². The van der Waals surface area contributed by atoms with Gasteiger partial charge in [-0.2, -0.15) is 0 Å². The lowest BCUT2D eigenvalue weighted by Crippen LogP contribution is -2.67. The van der Waals surface area contributed by atoms with E-state index in [0.29, 0.717) is 21.8 Å². The first-order valence-corrected chi connectivity index (χ1v) is 12.3. The number of carboxylic acid groups (broad SMARTS) is 1. The second-order valence-corrected chi connectivity index (χ2v) is 9.54. The molecule has 6 rings (SSSR count). The summed E-state index contributed by atoms with van der Waals surface area (Å²) < 4.78 is 12.0. The molecule has 0 saturated heterocycles. The summed E-state index contributed by atoms with van der Waals surface area (Å²) in [5, 5.41) is 13.9. The van der Waals surface area contributed by atoms with Crippen molar-refractivity contribution in [2.24, 2.45) is 11.8 Å². The smallest absolute Gasteiger partial charge is 0.331 e. The average molecular weight is 544 g/mol. The highest BCUT2D eigenvalue weighted by Gasteiger charge is 2.73. The van der Waals surface area contributed by atoms with E-state index in [9.17, 15) is 24.3 Å². The van der Waals surface area contributed by atoms with Crippen molar-refractivity contribution >= 4 is 41.1 Å². The van der Waals surface area contributed by atoms with E-state index in [0.717, 1.165) is 12.2 Å². The molecule has 8 nitrogen and oxygen atoms in total. The summed E-state index contributed by atoms with van der Waals surface area (Å²) in [6.07, 6.45) is 1.87. The molecule has 0 aliphatic heterocycles. The number of carboxylic acids is 1. The van der Waals surface area contributed by atoms with Crippen LogP contribution in [-0.4, -0.2) is 28.9 Å². The van der Waals surface area contributed by atoms with Gasteiger partial charge in [0.1, 0.15) is 11.8 Å². The highest BCUT2D eigenvalue weighted by Crippen LogP contribution is 2.65. The molecule has 3 aromatic rings. The Morgan fingerprint density at radius 1 is 0.744 bits per heavy atom. The third-order valence-electron chi connectivity index (χ3n) is 7.18. The molecule has 3 aliphatic rings. The zero-order valence-corrected chi connectivity index (χ0v) is 21.2. The Balaban J connectivity index is 1.88. The van der Waals surface area contributed by atoms with Crippen molar-refractivity contribution in [3.05, 3.63) is 125 Å². The molecular formula is C30H22ClNO7. The van der Waals surface area contributed by atoms with E-state index in [1.807, 2.05) is 0 Å². The quantitative estimate of drug-likeness (QED) is 0.331. The predicted octanol–water partition coefficient (Wildman–Crippen LogP) is 4.57. The van der Waals surface area contributed by atoms with Crippen molar-refractivity contribution in [2.75, 3.05) is 5.32 Å². The van der Waals surface area contributed by atoms with E-state index in [-0.39, 0.29) is 11.1 Å². The average Bonchev–Trinajstić information content (AvgIpc) is 2.94.